The minimum Gasteiger partial charge on any atom is -0.412 e. The van der Waals surface area contributed by atoms with E-state index < -0.39 is 0 Å². The number of rotatable bonds is 3. The summed E-state index contributed by atoms with van der Waals surface area (Å²) < 4.78 is 18.5. The van der Waals surface area contributed by atoms with Crippen LogP contribution in [-0.2, 0) is 0 Å². The standard InChI is InChI=1S/C16H15FN6O2S/c1-10-18-21-16(26-10)23-8-6-22(7-9-23)15(24)14-20-19-13(25-14)11-2-4-12(17)5-3-11/h2-5H,6-9H2,1H3. The third-order valence-corrected chi connectivity index (χ3v) is 4.95. The summed E-state index contributed by atoms with van der Waals surface area (Å²) >= 11 is 1.53. The number of hydrogen-bond acceptors (Lipinski definition) is 8. The smallest absolute Gasteiger partial charge is 0.311 e. The van der Waals surface area contributed by atoms with Gasteiger partial charge in [-0.3, -0.25) is 4.79 Å². The zero-order valence-electron chi connectivity index (χ0n) is 13.9. The van der Waals surface area contributed by atoms with Crippen LogP contribution in [0, 0.1) is 12.7 Å². The highest BCUT2D eigenvalue weighted by atomic mass is 32.1. The number of carbonyl (C=O) groups excluding carboxylic acids is 1. The fraction of sp³-hybridized carbons (Fsp3) is 0.312. The SMILES string of the molecule is Cc1nnc(N2CCN(C(=O)c3nnc(-c4ccc(F)cc4)o3)CC2)s1. The lowest BCUT2D eigenvalue weighted by Crippen LogP contribution is -2.48. The maximum absolute atomic E-state index is 13.0. The van der Waals surface area contributed by atoms with Crippen LogP contribution in [0.25, 0.3) is 11.5 Å². The lowest BCUT2D eigenvalue weighted by Gasteiger charge is -2.33. The topological polar surface area (TPSA) is 88.3 Å². The first-order valence-corrected chi connectivity index (χ1v) is 8.85. The van der Waals surface area contributed by atoms with Gasteiger partial charge in [0.1, 0.15) is 10.8 Å². The first-order chi connectivity index (χ1) is 12.6. The number of aromatic nitrogens is 4. The van der Waals surface area contributed by atoms with Gasteiger partial charge in [-0.2, -0.15) is 0 Å². The van der Waals surface area contributed by atoms with Crippen LogP contribution < -0.4 is 4.90 Å². The summed E-state index contributed by atoms with van der Waals surface area (Å²) in [6.07, 6.45) is 0. The summed E-state index contributed by atoms with van der Waals surface area (Å²) in [5, 5.41) is 17.7. The number of carbonyl (C=O) groups is 1. The fourth-order valence-electron chi connectivity index (χ4n) is 2.67. The highest BCUT2D eigenvalue weighted by molar-refractivity contribution is 7.15. The molecule has 1 aliphatic heterocycles. The van der Waals surface area contributed by atoms with E-state index in [4.69, 9.17) is 4.42 Å². The van der Waals surface area contributed by atoms with Crippen molar-refractivity contribution in [2.45, 2.75) is 6.92 Å². The fourth-order valence-corrected chi connectivity index (χ4v) is 3.41. The Labute approximate surface area is 152 Å². The zero-order valence-corrected chi connectivity index (χ0v) is 14.7. The molecule has 0 aliphatic carbocycles. The van der Waals surface area contributed by atoms with Gasteiger partial charge in [-0.05, 0) is 31.2 Å². The van der Waals surface area contributed by atoms with Crippen molar-refractivity contribution >= 4 is 22.4 Å². The van der Waals surface area contributed by atoms with Crippen LogP contribution in [0.5, 0.6) is 0 Å². The van der Waals surface area contributed by atoms with E-state index in [0.717, 1.165) is 10.1 Å². The molecule has 1 aromatic carbocycles. The van der Waals surface area contributed by atoms with E-state index in [0.29, 0.717) is 31.7 Å². The van der Waals surface area contributed by atoms with Gasteiger partial charge in [-0.15, -0.1) is 20.4 Å². The van der Waals surface area contributed by atoms with E-state index in [-0.39, 0.29) is 23.5 Å². The first kappa shape index (κ1) is 16.6. The van der Waals surface area contributed by atoms with Gasteiger partial charge in [0.15, 0.2) is 0 Å². The van der Waals surface area contributed by atoms with Crippen LogP contribution in [0.4, 0.5) is 9.52 Å². The van der Waals surface area contributed by atoms with Crippen LogP contribution >= 0.6 is 11.3 Å². The molecular weight excluding hydrogens is 359 g/mol. The van der Waals surface area contributed by atoms with Crippen LogP contribution in [0.1, 0.15) is 15.7 Å². The Morgan fingerprint density at radius 3 is 2.46 bits per heavy atom. The van der Waals surface area contributed by atoms with E-state index in [2.05, 4.69) is 25.3 Å². The van der Waals surface area contributed by atoms with Gasteiger partial charge < -0.3 is 14.2 Å². The van der Waals surface area contributed by atoms with Crippen molar-refractivity contribution < 1.29 is 13.6 Å². The predicted octanol–water partition coefficient (Wildman–Crippen LogP) is 2.00. The maximum atomic E-state index is 13.0. The van der Waals surface area contributed by atoms with Gasteiger partial charge in [0.25, 0.3) is 0 Å². The summed E-state index contributed by atoms with van der Waals surface area (Å²) in [5.41, 5.74) is 0.564. The lowest BCUT2D eigenvalue weighted by molar-refractivity contribution is 0.0707. The molecule has 1 amide bonds. The molecule has 0 saturated carbocycles. The van der Waals surface area contributed by atoms with Crippen molar-refractivity contribution in [3.8, 4) is 11.5 Å². The maximum Gasteiger partial charge on any atom is 0.311 e. The van der Waals surface area contributed by atoms with Crippen molar-refractivity contribution in [2.75, 3.05) is 31.1 Å². The Morgan fingerprint density at radius 1 is 1.08 bits per heavy atom. The molecule has 1 fully saturated rings. The number of amides is 1. The second kappa shape index (κ2) is 6.79. The van der Waals surface area contributed by atoms with Crippen LogP contribution in [0.15, 0.2) is 28.7 Å². The minimum atomic E-state index is -0.354. The molecule has 8 nitrogen and oxygen atoms in total. The third-order valence-electron chi connectivity index (χ3n) is 4.05. The van der Waals surface area contributed by atoms with Gasteiger partial charge in [0.2, 0.25) is 11.0 Å². The second-order valence-electron chi connectivity index (χ2n) is 5.80. The molecular formula is C16H15FN6O2S. The number of nitrogens with zero attached hydrogens (tertiary/aromatic N) is 6. The Balaban J connectivity index is 1.42. The van der Waals surface area contributed by atoms with E-state index >= 15 is 0 Å². The predicted molar refractivity (Wildman–Crippen MR) is 92.5 cm³/mol. The summed E-state index contributed by atoms with van der Waals surface area (Å²) in [6.45, 7) is 4.31. The van der Waals surface area contributed by atoms with Gasteiger partial charge in [-0.25, -0.2) is 4.39 Å². The quantitative estimate of drug-likeness (QED) is 0.693. The summed E-state index contributed by atoms with van der Waals surface area (Å²) in [5.74, 6) is -0.534. The summed E-state index contributed by atoms with van der Waals surface area (Å²) in [7, 11) is 0. The molecule has 4 rings (SSSR count). The molecule has 10 heteroatoms. The third kappa shape index (κ3) is 3.27. The van der Waals surface area contributed by atoms with Crippen molar-refractivity contribution in [3.05, 3.63) is 41.0 Å². The number of hydrogen-bond donors (Lipinski definition) is 0. The molecule has 0 N–H and O–H groups in total. The molecule has 0 atom stereocenters. The number of halogens is 1. The Hall–Kier alpha value is -2.88. The van der Waals surface area contributed by atoms with Crippen LogP contribution in [0.3, 0.4) is 0 Å². The van der Waals surface area contributed by atoms with Gasteiger partial charge in [0.05, 0.1) is 0 Å². The van der Waals surface area contributed by atoms with E-state index in [1.54, 1.807) is 4.90 Å². The lowest BCUT2D eigenvalue weighted by atomic mass is 10.2. The van der Waals surface area contributed by atoms with E-state index in [9.17, 15) is 9.18 Å². The largest absolute Gasteiger partial charge is 0.412 e. The Bertz CT molecular complexity index is 917. The zero-order chi connectivity index (χ0) is 18.1. The van der Waals surface area contributed by atoms with Crippen molar-refractivity contribution in [3.63, 3.8) is 0 Å². The molecule has 2 aromatic heterocycles. The van der Waals surface area contributed by atoms with E-state index in [1.165, 1.54) is 35.6 Å². The van der Waals surface area contributed by atoms with Crippen molar-refractivity contribution in [1.82, 2.24) is 25.3 Å². The Kier molecular flexibility index (Phi) is 4.33. The van der Waals surface area contributed by atoms with Gasteiger partial charge in [0, 0.05) is 31.7 Å². The molecule has 26 heavy (non-hydrogen) atoms. The first-order valence-electron chi connectivity index (χ1n) is 8.04. The average Bonchev–Trinajstić information content (AvgIpc) is 3.31. The summed E-state index contributed by atoms with van der Waals surface area (Å²) in [4.78, 5) is 16.3. The molecule has 1 saturated heterocycles. The molecule has 0 radical (unpaired) electrons. The number of aryl methyl sites for hydroxylation is 1. The molecule has 1 aliphatic rings. The molecule has 3 aromatic rings. The molecule has 3 heterocycles. The molecule has 0 unspecified atom stereocenters. The van der Waals surface area contributed by atoms with Crippen LogP contribution in [0.2, 0.25) is 0 Å². The average molecular weight is 374 g/mol. The van der Waals surface area contributed by atoms with E-state index in [1.807, 2.05) is 6.92 Å². The molecule has 0 bridgehead atoms. The summed E-state index contributed by atoms with van der Waals surface area (Å²) in [6, 6.07) is 5.66. The molecule has 134 valence electrons. The van der Waals surface area contributed by atoms with Gasteiger partial charge in [-0.1, -0.05) is 11.3 Å². The number of benzene rings is 1. The number of anilines is 1. The highest BCUT2D eigenvalue weighted by Gasteiger charge is 2.27. The van der Waals surface area contributed by atoms with Crippen LogP contribution in [-0.4, -0.2) is 57.4 Å². The Morgan fingerprint density at radius 2 is 1.81 bits per heavy atom. The monoisotopic (exact) mass is 374 g/mol. The van der Waals surface area contributed by atoms with Crippen molar-refractivity contribution in [1.29, 1.82) is 0 Å². The van der Waals surface area contributed by atoms with Crippen molar-refractivity contribution in [2.24, 2.45) is 0 Å². The molecule has 0 spiro atoms. The van der Waals surface area contributed by atoms with Gasteiger partial charge >= 0.3 is 11.8 Å². The normalized spacial score (nSPS) is 14.7. The highest BCUT2D eigenvalue weighted by Crippen LogP contribution is 2.22. The number of piperazine rings is 1. The minimum absolute atomic E-state index is 0.0652. The second-order valence-corrected chi connectivity index (χ2v) is 6.96.